The molecule has 8 nitrogen and oxygen atoms in total. The van der Waals surface area contributed by atoms with Gasteiger partial charge < -0.3 is 25.1 Å². The molecule has 2 rings (SSSR count). The van der Waals surface area contributed by atoms with Gasteiger partial charge in [-0.15, -0.1) is 0 Å². The van der Waals surface area contributed by atoms with Crippen molar-refractivity contribution in [3.05, 3.63) is 33.8 Å². The van der Waals surface area contributed by atoms with Crippen molar-refractivity contribution >= 4 is 46.6 Å². The lowest BCUT2D eigenvalue weighted by molar-refractivity contribution is -0.156. The Labute approximate surface area is 158 Å². The summed E-state index contributed by atoms with van der Waals surface area (Å²) in [6.45, 7) is -0.588. The Morgan fingerprint density at radius 3 is 2.54 bits per heavy atom. The quantitative estimate of drug-likeness (QED) is 0.349. The first-order valence-electron chi connectivity index (χ1n) is 7.49. The molecule has 0 amide bonds. The first-order valence-corrected chi connectivity index (χ1v) is 8.25. The Balaban J connectivity index is 1.78. The first kappa shape index (κ1) is 20.3. The number of esters is 2. The van der Waals surface area contributed by atoms with Crippen LogP contribution in [-0.4, -0.2) is 58.6 Å². The average Bonchev–Trinajstić information content (AvgIpc) is 2.87. The maximum atomic E-state index is 11.7. The summed E-state index contributed by atoms with van der Waals surface area (Å²) < 4.78 is 9.33. The summed E-state index contributed by atoms with van der Waals surface area (Å²) in [6, 6.07) is 4.64. The highest BCUT2D eigenvalue weighted by molar-refractivity contribution is 6.42. The average molecular weight is 404 g/mol. The largest absolute Gasteiger partial charge is 0.463 e. The highest BCUT2D eigenvalue weighted by atomic mass is 35.5. The highest BCUT2D eigenvalue weighted by Crippen LogP contribution is 2.23. The Hall–Kier alpha value is -2.00. The lowest BCUT2D eigenvalue weighted by atomic mass is 10.1. The number of halogens is 2. The van der Waals surface area contributed by atoms with Gasteiger partial charge in [-0.3, -0.25) is 9.59 Å². The molecule has 0 bridgehead atoms. The van der Waals surface area contributed by atoms with E-state index in [4.69, 9.17) is 38.5 Å². The van der Waals surface area contributed by atoms with Gasteiger partial charge in [-0.25, -0.2) is 4.79 Å². The van der Waals surface area contributed by atoms with Gasteiger partial charge in [0.1, 0.15) is 12.7 Å². The van der Waals surface area contributed by atoms with E-state index in [-0.39, 0.29) is 23.6 Å². The molecule has 140 valence electrons. The first-order chi connectivity index (χ1) is 12.2. The van der Waals surface area contributed by atoms with Crippen LogP contribution in [0.15, 0.2) is 18.2 Å². The second-order valence-electron chi connectivity index (χ2n) is 5.52. The van der Waals surface area contributed by atoms with Crippen molar-refractivity contribution < 1.29 is 34.1 Å². The predicted molar refractivity (Wildman–Crippen MR) is 90.4 cm³/mol. The summed E-state index contributed by atoms with van der Waals surface area (Å²) in [6.07, 6.45) is -5.17. The molecule has 1 aromatic carbocycles. The normalized spacial score (nSPS) is 20.6. The number of cyclic esters (lactones) is 1. The fourth-order valence-corrected chi connectivity index (χ4v) is 2.48. The zero-order valence-corrected chi connectivity index (χ0v) is 14.8. The fourth-order valence-electron chi connectivity index (χ4n) is 2.18. The highest BCUT2D eigenvalue weighted by Gasteiger charge is 2.46. The van der Waals surface area contributed by atoms with E-state index in [0.29, 0.717) is 10.6 Å². The summed E-state index contributed by atoms with van der Waals surface area (Å²) in [5.41, 5.74) is 0.647. The molecule has 1 aromatic rings. The van der Waals surface area contributed by atoms with Crippen LogP contribution in [-0.2, 0) is 23.9 Å². The Bertz CT molecular complexity index is 752. The van der Waals surface area contributed by atoms with Crippen LogP contribution in [0.1, 0.15) is 18.4 Å². The van der Waals surface area contributed by atoms with Crippen molar-refractivity contribution in [2.24, 2.45) is 0 Å². The molecule has 1 fully saturated rings. The molecule has 3 unspecified atom stereocenters. The van der Waals surface area contributed by atoms with E-state index in [1.807, 2.05) is 0 Å². The minimum Gasteiger partial charge on any atom is -0.463 e. The summed E-state index contributed by atoms with van der Waals surface area (Å²) >= 11 is 11.7. The number of aliphatic hydroxyl groups is 2. The molecule has 3 atom stereocenters. The fraction of sp³-hybridized carbons (Fsp3) is 0.375. The van der Waals surface area contributed by atoms with Gasteiger partial charge in [0.05, 0.1) is 16.5 Å². The van der Waals surface area contributed by atoms with E-state index in [2.05, 4.69) is 4.74 Å². The number of carbonyl (C=O) groups excluding carboxylic acids is 3. The number of nitrogens with one attached hydrogen (secondary N) is 1. The number of rotatable bonds is 7. The minimum atomic E-state index is -1.93. The summed E-state index contributed by atoms with van der Waals surface area (Å²) in [4.78, 5) is 34.2. The SMILES string of the molecule is N=C(CCC(=O)OCC(O)C1OC(=O)C(O)C1=O)c1ccc(Cl)c(Cl)c1. The van der Waals surface area contributed by atoms with Crippen molar-refractivity contribution in [2.45, 2.75) is 31.2 Å². The third kappa shape index (κ3) is 4.79. The molecule has 1 saturated heterocycles. The third-order valence-corrected chi connectivity index (χ3v) is 4.37. The summed E-state index contributed by atoms with van der Waals surface area (Å²) in [5, 5.41) is 27.5. The standard InChI is InChI=1S/C16H15Cl2NO7/c17-8-2-1-7(5-9(8)18)10(19)3-4-12(21)25-6-11(20)15-13(22)14(23)16(24)26-15/h1-2,5,11,14-15,19-20,23H,3-4,6H2. The van der Waals surface area contributed by atoms with Gasteiger partial charge in [0.15, 0.2) is 6.10 Å². The Morgan fingerprint density at radius 2 is 1.96 bits per heavy atom. The Kier molecular flexibility index (Phi) is 6.71. The molecular weight excluding hydrogens is 389 g/mol. The van der Waals surface area contributed by atoms with Crippen LogP contribution in [0, 0.1) is 5.41 Å². The number of hydrogen-bond donors (Lipinski definition) is 3. The van der Waals surface area contributed by atoms with Gasteiger partial charge in [-0.1, -0.05) is 29.3 Å². The maximum absolute atomic E-state index is 11.7. The van der Waals surface area contributed by atoms with Gasteiger partial charge >= 0.3 is 11.9 Å². The van der Waals surface area contributed by atoms with E-state index in [0.717, 1.165) is 0 Å². The third-order valence-electron chi connectivity index (χ3n) is 3.63. The van der Waals surface area contributed by atoms with Gasteiger partial charge in [0, 0.05) is 5.71 Å². The maximum Gasteiger partial charge on any atom is 0.343 e. The van der Waals surface area contributed by atoms with Crippen LogP contribution >= 0.6 is 23.2 Å². The summed E-state index contributed by atoms with van der Waals surface area (Å²) in [7, 11) is 0. The lowest BCUT2D eigenvalue weighted by Crippen LogP contribution is -2.38. The van der Waals surface area contributed by atoms with Crippen molar-refractivity contribution in [2.75, 3.05) is 6.61 Å². The molecule has 0 spiro atoms. The van der Waals surface area contributed by atoms with Gasteiger partial charge in [0.2, 0.25) is 11.9 Å². The van der Waals surface area contributed by atoms with Gasteiger partial charge in [0.25, 0.3) is 0 Å². The van der Waals surface area contributed by atoms with Crippen LogP contribution in [0.3, 0.4) is 0 Å². The second kappa shape index (κ2) is 8.59. The van der Waals surface area contributed by atoms with E-state index in [1.54, 1.807) is 6.07 Å². The number of aliphatic hydroxyl groups excluding tert-OH is 2. The minimum absolute atomic E-state index is 0.0585. The number of benzene rings is 1. The molecule has 10 heteroatoms. The smallest absolute Gasteiger partial charge is 0.343 e. The Morgan fingerprint density at radius 1 is 1.27 bits per heavy atom. The number of Topliss-reactive ketones (excluding diaryl/α,β-unsaturated/α-hetero) is 1. The molecule has 0 saturated carbocycles. The molecule has 1 heterocycles. The topological polar surface area (TPSA) is 134 Å². The summed E-state index contributed by atoms with van der Waals surface area (Å²) in [5.74, 6) is -2.86. The van der Waals surface area contributed by atoms with E-state index in [9.17, 15) is 19.5 Å². The molecule has 0 aliphatic carbocycles. The van der Waals surface area contributed by atoms with Crippen LogP contribution < -0.4 is 0 Å². The van der Waals surface area contributed by atoms with Crippen molar-refractivity contribution in [1.82, 2.24) is 0 Å². The van der Waals surface area contributed by atoms with Crippen LogP contribution in [0.25, 0.3) is 0 Å². The van der Waals surface area contributed by atoms with E-state index in [1.165, 1.54) is 12.1 Å². The molecule has 3 N–H and O–H groups in total. The van der Waals surface area contributed by atoms with E-state index < -0.39 is 42.6 Å². The van der Waals surface area contributed by atoms with Crippen LogP contribution in [0.5, 0.6) is 0 Å². The van der Waals surface area contributed by atoms with E-state index >= 15 is 0 Å². The molecule has 0 aromatic heterocycles. The zero-order chi connectivity index (χ0) is 19.4. The number of hydrogen-bond acceptors (Lipinski definition) is 8. The number of ether oxygens (including phenoxy) is 2. The monoisotopic (exact) mass is 403 g/mol. The molecule has 0 radical (unpaired) electrons. The van der Waals surface area contributed by atoms with Crippen LogP contribution in [0.2, 0.25) is 10.0 Å². The number of ketones is 1. The van der Waals surface area contributed by atoms with Gasteiger partial charge in [-0.05, 0) is 24.1 Å². The predicted octanol–water partition coefficient (Wildman–Crippen LogP) is 0.901. The van der Waals surface area contributed by atoms with Crippen molar-refractivity contribution in [3.63, 3.8) is 0 Å². The van der Waals surface area contributed by atoms with Gasteiger partial charge in [-0.2, -0.15) is 0 Å². The molecular formula is C16H15Cl2NO7. The lowest BCUT2D eigenvalue weighted by Gasteiger charge is -2.15. The second-order valence-corrected chi connectivity index (χ2v) is 6.33. The van der Waals surface area contributed by atoms with Crippen molar-refractivity contribution in [3.8, 4) is 0 Å². The number of carbonyl (C=O) groups is 3. The molecule has 1 aliphatic rings. The molecule has 26 heavy (non-hydrogen) atoms. The zero-order valence-electron chi connectivity index (χ0n) is 13.3. The van der Waals surface area contributed by atoms with Crippen LogP contribution in [0.4, 0.5) is 0 Å². The van der Waals surface area contributed by atoms with Crippen molar-refractivity contribution in [1.29, 1.82) is 5.41 Å². The molecule has 1 aliphatic heterocycles.